The first-order chi connectivity index (χ1) is 14.2. The second kappa shape index (κ2) is 8.55. The molecule has 1 amide bonds. The monoisotopic (exact) mass is 389 g/mol. The van der Waals surface area contributed by atoms with Crippen LogP contribution >= 0.6 is 0 Å². The summed E-state index contributed by atoms with van der Waals surface area (Å²) < 4.78 is 0. The van der Waals surface area contributed by atoms with Crippen molar-refractivity contribution in [2.24, 2.45) is 0 Å². The van der Waals surface area contributed by atoms with Gasteiger partial charge in [0.2, 0.25) is 11.9 Å². The number of rotatable bonds is 5. The first-order valence-electron chi connectivity index (χ1n) is 9.56. The first kappa shape index (κ1) is 18.7. The van der Waals surface area contributed by atoms with E-state index in [4.69, 9.17) is 0 Å². The van der Waals surface area contributed by atoms with Crippen molar-refractivity contribution < 1.29 is 4.79 Å². The highest BCUT2D eigenvalue weighted by Crippen LogP contribution is 2.20. The van der Waals surface area contributed by atoms with Gasteiger partial charge in [0.05, 0.1) is 0 Å². The molecule has 3 aromatic rings. The van der Waals surface area contributed by atoms with Crippen molar-refractivity contribution in [3.8, 4) is 0 Å². The molecule has 1 aromatic carbocycles. The molecule has 8 heteroatoms. The van der Waals surface area contributed by atoms with Gasteiger partial charge in [-0.2, -0.15) is 4.98 Å². The maximum Gasteiger partial charge on any atom is 0.229 e. The Kier molecular flexibility index (Phi) is 5.51. The van der Waals surface area contributed by atoms with Crippen molar-refractivity contribution >= 4 is 34.9 Å². The summed E-state index contributed by atoms with van der Waals surface area (Å²) in [5.41, 5.74) is 1.61. The van der Waals surface area contributed by atoms with Crippen LogP contribution in [-0.4, -0.2) is 47.0 Å². The van der Waals surface area contributed by atoms with Gasteiger partial charge in [0.1, 0.15) is 11.6 Å². The lowest BCUT2D eigenvalue weighted by Gasteiger charge is -2.36. The zero-order valence-corrected chi connectivity index (χ0v) is 16.2. The molecule has 0 radical (unpaired) electrons. The van der Waals surface area contributed by atoms with E-state index in [1.54, 1.807) is 6.20 Å². The molecule has 29 heavy (non-hydrogen) atoms. The molecular formula is C21H23N7O. The molecule has 1 fully saturated rings. The summed E-state index contributed by atoms with van der Waals surface area (Å²) in [5.74, 6) is 2.37. The number of hydrogen-bond acceptors (Lipinski definition) is 7. The summed E-state index contributed by atoms with van der Waals surface area (Å²) in [6.07, 6.45) is 3.59. The molecule has 1 saturated heterocycles. The first-order valence-corrected chi connectivity index (χ1v) is 9.56. The van der Waals surface area contributed by atoms with E-state index in [2.05, 4.69) is 35.4 Å². The molecule has 0 bridgehead atoms. The van der Waals surface area contributed by atoms with Crippen LogP contribution in [-0.2, 0) is 4.79 Å². The molecule has 0 aliphatic carbocycles. The van der Waals surface area contributed by atoms with E-state index in [0.29, 0.717) is 5.95 Å². The van der Waals surface area contributed by atoms with Gasteiger partial charge in [-0.05, 0) is 42.5 Å². The number of benzene rings is 1. The van der Waals surface area contributed by atoms with Gasteiger partial charge < -0.3 is 20.4 Å². The van der Waals surface area contributed by atoms with Crippen LogP contribution in [0, 0.1) is 0 Å². The lowest BCUT2D eigenvalue weighted by molar-refractivity contribution is -0.114. The Labute approximate surface area is 169 Å². The Balaban J connectivity index is 1.38. The smallest absolute Gasteiger partial charge is 0.229 e. The number of piperazine rings is 1. The molecule has 8 nitrogen and oxygen atoms in total. The number of carbonyl (C=O) groups is 1. The normalized spacial score (nSPS) is 13.8. The second-order valence-corrected chi connectivity index (χ2v) is 6.78. The molecule has 1 aliphatic heterocycles. The highest BCUT2D eigenvalue weighted by Gasteiger charge is 2.19. The van der Waals surface area contributed by atoms with Crippen LogP contribution < -0.4 is 20.4 Å². The molecule has 0 atom stereocenters. The quantitative estimate of drug-likeness (QED) is 0.694. The predicted octanol–water partition coefficient (Wildman–Crippen LogP) is 2.90. The van der Waals surface area contributed by atoms with Crippen LogP contribution in [0.4, 0.5) is 29.0 Å². The van der Waals surface area contributed by atoms with E-state index < -0.39 is 0 Å². The number of amides is 1. The van der Waals surface area contributed by atoms with Crippen LogP contribution in [0.3, 0.4) is 0 Å². The van der Waals surface area contributed by atoms with E-state index in [1.807, 2.05) is 54.7 Å². The van der Waals surface area contributed by atoms with E-state index in [1.165, 1.54) is 6.92 Å². The number of aromatic nitrogens is 3. The number of carbonyl (C=O) groups excluding carboxylic acids is 1. The lowest BCUT2D eigenvalue weighted by Crippen LogP contribution is -2.47. The van der Waals surface area contributed by atoms with Crippen molar-refractivity contribution in [2.75, 3.05) is 46.6 Å². The Hall–Kier alpha value is -3.68. The number of anilines is 5. The van der Waals surface area contributed by atoms with Crippen molar-refractivity contribution in [1.82, 2.24) is 15.0 Å². The third kappa shape index (κ3) is 4.78. The minimum absolute atomic E-state index is 0.0927. The number of hydrogen-bond donors (Lipinski definition) is 2. The average Bonchev–Trinajstić information content (AvgIpc) is 2.76. The van der Waals surface area contributed by atoms with Crippen LogP contribution in [0.1, 0.15) is 6.92 Å². The largest absolute Gasteiger partial charge is 0.353 e. The maximum atomic E-state index is 11.1. The summed E-state index contributed by atoms with van der Waals surface area (Å²) in [4.78, 5) is 29.1. The van der Waals surface area contributed by atoms with Gasteiger partial charge in [0.25, 0.3) is 0 Å². The number of nitrogens with one attached hydrogen (secondary N) is 2. The summed E-state index contributed by atoms with van der Waals surface area (Å²) in [6.45, 7) is 5.03. The fraction of sp³-hybridized carbons (Fsp3) is 0.238. The molecule has 0 spiro atoms. The third-order valence-corrected chi connectivity index (χ3v) is 4.68. The molecule has 0 unspecified atom stereocenters. The Morgan fingerprint density at radius 3 is 2.17 bits per heavy atom. The molecule has 4 rings (SSSR count). The second-order valence-electron chi connectivity index (χ2n) is 6.78. The predicted molar refractivity (Wildman–Crippen MR) is 115 cm³/mol. The summed E-state index contributed by atoms with van der Waals surface area (Å²) in [7, 11) is 0. The van der Waals surface area contributed by atoms with Gasteiger partial charge in [-0.25, -0.2) is 9.97 Å². The molecule has 2 aromatic heterocycles. The molecule has 3 heterocycles. The Morgan fingerprint density at radius 2 is 1.52 bits per heavy atom. The van der Waals surface area contributed by atoms with Crippen molar-refractivity contribution in [3.05, 3.63) is 60.9 Å². The Morgan fingerprint density at radius 1 is 0.828 bits per heavy atom. The van der Waals surface area contributed by atoms with Crippen molar-refractivity contribution in [3.63, 3.8) is 0 Å². The van der Waals surface area contributed by atoms with E-state index >= 15 is 0 Å². The van der Waals surface area contributed by atoms with E-state index in [0.717, 1.165) is 49.2 Å². The van der Waals surface area contributed by atoms with Gasteiger partial charge in [-0.15, -0.1) is 0 Å². The lowest BCUT2D eigenvalue weighted by atomic mass is 10.3. The third-order valence-electron chi connectivity index (χ3n) is 4.68. The number of nitrogens with zero attached hydrogens (tertiary/aromatic N) is 5. The fourth-order valence-electron chi connectivity index (χ4n) is 3.26. The van der Waals surface area contributed by atoms with Crippen LogP contribution in [0.2, 0.25) is 0 Å². The fourth-order valence-corrected chi connectivity index (χ4v) is 3.26. The van der Waals surface area contributed by atoms with Crippen LogP contribution in [0.25, 0.3) is 0 Å². The Bertz CT molecular complexity index is 954. The van der Waals surface area contributed by atoms with Gasteiger partial charge in [0.15, 0.2) is 0 Å². The van der Waals surface area contributed by atoms with Crippen LogP contribution in [0.15, 0.2) is 60.9 Å². The van der Waals surface area contributed by atoms with Gasteiger partial charge in [0, 0.05) is 56.9 Å². The SMILES string of the molecule is CC(=O)Nc1ccc(Nc2nccc(N3CCN(c4ccccn4)CC3)n2)cc1. The summed E-state index contributed by atoms with van der Waals surface area (Å²) in [5, 5.41) is 5.97. The van der Waals surface area contributed by atoms with Crippen molar-refractivity contribution in [1.29, 1.82) is 0 Å². The molecule has 0 saturated carbocycles. The van der Waals surface area contributed by atoms with Gasteiger partial charge >= 0.3 is 0 Å². The summed E-state index contributed by atoms with van der Waals surface area (Å²) in [6, 6.07) is 15.4. The topological polar surface area (TPSA) is 86.3 Å². The van der Waals surface area contributed by atoms with E-state index in [9.17, 15) is 4.79 Å². The highest BCUT2D eigenvalue weighted by molar-refractivity contribution is 5.88. The zero-order chi connectivity index (χ0) is 20.1. The van der Waals surface area contributed by atoms with Gasteiger partial charge in [-0.3, -0.25) is 4.79 Å². The zero-order valence-electron chi connectivity index (χ0n) is 16.2. The van der Waals surface area contributed by atoms with Crippen molar-refractivity contribution in [2.45, 2.75) is 6.92 Å². The molecule has 148 valence electrons. The minimum Gasteiger partial charge on any atom is -0.353 e. The maximum absolute atomic E-state index is 11.1. The molecule has 1 aliphatic rings. The molecular weight excluding hydrogens is 366 g/mol. The van der Waals surface area contributed by atoms with Gasteiger partial charge in [-0.1, -0.05) is 6.07 Å². The average molecular weight is 389 g/mol. The standard InChI is InChI=1S/C21H23N7O/c1-16(29)24-17-5-7-18(8-6-17)25-21-23-11-9-20(26-21)28-14-12-27(13-15-28)19-4-2-3-10-22-19/h2-11H,12-15H2,1H3,(H,24,29)(H,23,25,26). The van der Waals surface area contributed by atoms with Crippen LogP contribution in [0.5, 0.6) is 0 Å². The highest BCUT2D eigenvalue weighted by atomic mass is 16.1. The van der Waals surface area contributed by atoms with E-state index in [-0.39, 0.29) is 5.91 Å². The minimum atomic E-state index is -0.0927. The molecule has 2 N–H and O–H groups in total. The number of pyridine rings is 1. The summed E-state index contributed by atoms with van der Waals surface area (Å²) >= 11 is 0.